The van der Waals surface area contributed by atoms with E-state index in [4.69, 9.17) is 5.73 Å². The molecule has 0 saturated heterocycles. The van der Waals surface area contributed by atoms with Crippen molar-refractivity contribution in [3.8, 4) is 11.3 Å². The van der Waals surface area contributed by atoms with Gasteiger partial charge in [-0.15, -0.1) is 29.1 Å². The minimum absolute atomic E-state index is 0. The highest BCUT2D eigenvalue weighted by Gasteiger charge is 2.16. The normalized spacial score (nSPS) is 11.4. The fraction of sp³-hybridized carbons (Fsp3) is 0.188. The van der Waals surface area contributed by atoms with Gasteiger partial charge in [0, 0.05) is 25.0 Å². The number of halogens is 2. The average Bonchev–Trinajstić information content (AvgIpc) is 3.11. The Morgan fingerprint density at radius 3 is 2.56 bits per heavy atom. The Hall–Kier alpha value is -1.21. The standard InChI is InChI=1S/C16H19N6S.2HI/c1-20(2)15(17)19-18-10-12-4-6-13(7-5-12)14-11-22-8-9-23-16(22)21(14)3;;/h4-11H,1-3H3,(H2,17,19);2*1H/q+1;;/p-1/b18-10+;;. The van der Waals surface area contributed by atoms with E-state index in [-0.39, 0.29) is 48.0 Å². The van der Waals surface area contributed by atoms with E-state index in [9.17, 15) is 0 Å². The molecule has 3 rings (SSSR count). The van der Waals surface area contributed by atoms with Gasteiger partial charge in [-0.25, -0.2) is 4.57 Å². The summed E-state index contributed by atoms with van der Waals surface area (Å²) in [5.41, 5.74) is 9.00. The Morgan fingerprint density at radius 2 is 1.96 bits per heavy atom. The smallest absolute Gasteiger partial charge is 0.345 e. The topological polar surface area (TPSA) is 63.0 Å². The van der Waals surface area contributed by atoms with Crippen LogP contribution in [-0.2, 0) is 7.05 Å². The summed E-state index contributed by atoms with van der Waals surface area (Å²) < 4.78 is 4.32. The predicted octanol–water partition coefficient (Wildman–Crippen LogP) is -0.675. The molecule has 0 bridgehead atoms. The first kappa shape index (κ1) is 21.8. The number of nitrogens with two attached hydrogens (primary N) is 1. The maximum Gasteiger partial charge on any atom is 0.345 e. The number of nitrogens with zero attached hydrogens (tertiary/aromatic N) is 5. The van der Waals surface area contributed by atoms with Gasteiger partial charge in [-0.05, 0) is 17.7 Å². The van der Waals surface area contributed by atoms with Gasteiger partial charge in [0.15, 0.2) is 5.69 Å². The van der Waals surface area contributed by atoms with Gasteiger partial charge in [0.05, 0.1) is 13.3 Å². The fourth-order valence-corrected chi connectivity index (χ4v) is 3.01. The molecule has 6 nitrogen and oxygen atoms in total. The number of rotatable bonds is 3. The van der Waals surface area contributed by atoms with E-state index >= 15 is 0 Å². The zero-order valence-corrected chi connectivity index (χ0v) is 19.4. The highest BCUT2D eigenvalue weighted by atomic mass is 127. The zero-order chi connectivity index (χ0) is 16.4. The Labute approximate surface area is 185 Å². The monoisotopic (exact) mass is 582 g/mol. The molecule has 0 unspecified atom stereocenters. The molecule has 0 amide bonds. The molecular formula is C16H20I2N6S. The summed E-state index contributed by atoms with van der Waals surface area (Å²) in [6.07, 6.45) is 5.90. The van der Waals surface area contributed by atoms with E-state index in [2.05, 4.69) is 56.1 Å². The molecule has 0 fully saturated rings. The van der Waals surface area contributed by atoms with Crippen LogP contribution in [0.4, 0.5) is 0 Å². The van der Waals surface area contributed by atoms with Crippen molar-refractivity contribution in [2.24, 2.45) is 23.0 Å². The second-order valence-electron chi connectivity index (χ2n) is 5.39. The number of hydrogen-bond acceptors (Lipinski definition) is 3. The first-order valence-electron chi connectivity index (χ1n) is 7.14. The van der Waals surface area contributed by atoms with Crippen LogP contribution >= 0.6 is 35.3 Å². The Morgan fingerprint density at radius 1 is 1.28 bits per heavy atom. The molecule has 134 valence electrons. The van der Waals surface area contributed by atoms with E-state index in [1.54, 1.807) is 22.5 Å². The third kappa shape index (κ3) is 4.91. The fourth-order valence-electron chi connectivity index (χ4n) is 2.21. The van der Waals surface area contributed by atoms with Gasteiger partial charge in [-0.3, -0.25) is 0 Å². The number of fused-ring (bicyclic) bond motifs is 1. The van der Waals surface area contributed by atoms with Gasteiger partial charge in [0.2, 0.25) is 5.96 Å². The van der Waals surface area contributed by atoms with Crippen LogP contribution < -0.4 is 34.1 Å². The maximum atomic E-state index is 5.68. The molecule has 0 radical (unpaired) electrons. The van der Waals surface area contributed by atoms with Crippen LogP contribution in [0.15, 0.2) is 52.2 Å². The van der Waals surface area contributed by atoms with Crippen molar-refractivity contribution in [2.75, 3.05) is 14.1 Å². The van der Waals surface area contributed by atoms with Crippen molar-refractivity contribution in [3.05, 3.63) is 47.6 Å². The summed E-state index contributed by atoms with van der Waals surface area (Å²) >= 11 is 1.72. The van der Waals surface area contributed by atoms with Crippen LogP contribution in [0.2, 0.25) is 0 Å². The molecule has 2 aromatic heterocycles. The molecule has 1 aromatic carbocycles. The molecule has 0 aliphatic rings. The SMILES string of the molecule is CN(C)/C(N)=N/N=C/c1ccc(-c2c[n+]3ccsc3n2C)cc1.I.[I-]. The van der Waals surface area contributed by atoms with Crippen molar-refractivity contribution in [2.45, 2.75) is 0 Å². The third-order valence-electron chi connectivity index (χ3n) is 3.56. The van der Waals surface area contributed by atoms with Crippen LogP contribution in [0.1, 0.15) is 5.56 Å². The molecule has 0 atom stereocenters. The summed E-state index contributed by atoms with van der Waals surface area (Å²) in [6.45, 7) is 0. The van der Waals surface area contributed by atoms with Crippen molar-refractivity contribution < 1.29 is 28.4 Å². The molecule has 2 N–H and O–H groups in total. The number of thiazole rings is 1. The number of hydrogen-bond donors (Lipinski definition) is 1. The predicted molar refractivity (Wildman–Crippen MR) is 110 cm³/mol. The Kier molecular flexibility index (Phi) is 8.28. The van der Waals surface area contributed by atoms with E-state index in [1.807, 2.05) is 26.2 Å². The van der Waals surface area contributed by atoms with E-state index in [1.165, 1.54) is 10.7 Å². The lowest BCUT2D eigenvalue weighted by atomic mass is 10.1. The van der Waals surface area contributed by atoms with E-state index in [0.29, 0.717) is 5.96 Å². The highest BCUT2D eigenvalue weighted by Crippen LogP contribution is 2.21. The average molecular weight is 582 g/mol. The second kappa shape index (κ2) is 9.48. The van der Waals surface area contributed by atoms with Gasteiger partial charge < -0.3 is 34.6 Å². The molecule has 0 aliphatic heterocycles. The first-order chi connectivity index (χ1) is 11.1. The van der Waals surface area contributed by atoms with Gasteiger partial charge in [-0.1, -0.05) is 23.5 Å². The lowest BCUT2D eigenvalue weighted by Crippen LogP contribution is -3.00. The minimum atomic E-state index is 0. The summed E-state index contributed by atoms with van der Waals surface area (Å²) in [5.74, 6) is 0.374. The van der Waals surface area contributed by atoms with E-state index in [0.717, 1.165) is 11.1 Å². The molecular weight excluding hydrogens is 562 g/mol. The van der Waals surface area contributed by atoms with Crippen molar-refractivity contribution in [1.29, 1.82) is 0 Å². The van der Waals surface area contributed by atoms with Crippen LogP contribution in [0.5, 0.6) is 0 Å². The maximum absolute atomic E-state index is 5.68. The summed E-state index contributed by atoms with van der Waals surface area (Å²) in [6, 6.07) is 8.21. The van der Waals surface area contributed by atoms with Crippen molar-refractivity contribution >= 4 is 52.4 Å². The van der Waals surface area contributed by atoms with Crippen molar-refractivity contribution in [3.63, 3.8) is 0 Å². The molecule has 0 aliphatic carbocycles. The molecule has 0 saturated carbocycles. The Balaban J connectivity index is 0.00000156. The molecule has 3 aromatic rings. The number of aromatic nitrogens is 2. The highest BCUT2D eigenvalue weighted by molar-refractivity contribution is 14.0. The summed E-state index contributed by atoms with van der Waals surface area (Å²) in [5, 5.41) is 10.00. The molecule has 2 heterocycles. The number of imidazole rings is 1. The van der Waals surface area contributed by atoms with E-state index < -0.39 is 0 Å². The van der Waals surface area contributed by atoms with Crippen LogP contribution in [0, 0.1) is 0 Å². The quantitative estimate of drug-likeness (QED) is 0.147. The largest absolute Gasteiger partial charge is 1.00 e. The van der Waals surface area contributed by atoms with Crippen LogP contribution in [0.3, 0.4) is 0 Å². The molecule has 9 heteroatoms. The second-order valence-corrected chi connectivity index (χ2v) is 6.26. The molecule has 0 spiro atoms. The van der Waals surface area contributed by atoms with Crippen molar-refractivity contribution in [1.82, 2.24) is 9.47 Å². The third-order valence-corrected chi connectivity index (χ3v) is 4.51. The van der Waals surface area contributed by atoms with Gasteiger partial charge in [0.1, 0.15) is 12.4 Å². The number of benzene rings is 1. The molecule has 25 heavy (non-hydrogen) atoms. The summed E-state index contributed by atoms with van der Waals surface area (Å²) in [4.78, 5) is 2.92. The van der Waals surface area contributed by atoms with Gasteiger partial charge >= 0.3 is 4.96 Å². The van der Waals surface area contributed by atoms with Crippen LogP contribution in [0.25, 0.3) is 16.2 Å². The lowest BCUT2D eigenvalue weighted by Gasteiger charge is -2.07. The number of guanidine groups is 1. The Bertz CT molecular complexity index is 880. The minimum Gasteiger partial charge on any atom is -1.00 e. The van der Waals surface area contributed by atoms with Crippen LogP contribution in [-0.4, -0.2) is 35.7 Å². The number of aryl methyl sites for hydroxylation is 1. The lowest BCUT2D eigenvalue weighted by molar-refractivity contribution is -0.505. The summed E-state index contributed by atoms with van der Waals surface area (Å²) in [7, 11) is 5.73. The zero-order valence-electron chi connectivity index (χ0n) is 14.1. The van der Waals surface area contributed by atoms with Gasteiger partial charge in [0.25, 0.3) is 0 Å². The van der Waals surface area contributed by atoms with Gasteiger partial charge in [-0.2, -0.15) is 9.50 Å². The first-order valence-corrected chi connectivity index (χ1v) is 8.02.